The zero-order chi connectivity index (χ0) is 5.86. The quantitative estimate of drug-likeness (QED) is 0.292. The van der Waals surface area contributed by atoms with Crippen LogP contribution < -0.4 is 17.0 Å². The fourth-order valence-electron chi connectivity index (χ4n) is 0.0236. The molecule has 0 saturated heterocycles. The molecule has 0 atom stereocenters. The molecule has 0 aromatic rings. The number of halogens is 6. The third-order valence-corrected chi connectivity index (χ3v) is 184. The molecule has 0 unspecified atom stereocenters. The van der Waals surface area contributed by atoms with E-state index < -0.39 is 15.8 Å². The minimum atomic E-state index is -0.415. The van der Waals surface area contributed by atoms with Crippen LogP contribution in [0.1, 0.15) is 0 Å². The molecule has 0 amide bonds. The average Bonchev–Trinajstić information content (AvgIpc) is 1.65. The number of hydrogen-bond donors (Lipinski definition) is 0. The Balaban J connectivity index is 3.14. The van der Waals surface area contributed by atoms with E-state index in [9.17, 15) is 0 Å². The summed E-state index contributed by atoms with van der Waals surface area (Å²) in [5.74, 6) is 0. The standard InChI is InChI=1S/BI6/c1-5-7(4)6(2)3/q-1. The summed E-state index contributed by atoms with van der Waals surface area (Å²) in [7, 11) is -0.817. The molecule has 0 aromatic heterocycles. The molecule has 0 N–H and O–H groups in total. The zero-order valence-electron chi connectivity index (χ0n) is 2.85. The monoisotopic (exact) mass is 772 g/mol. The van der Waals surface area contributed by atoms with Crippen molar-refractivity contribution >= 4 is 77.3 Å². The summed E-state index contributed by atoms with van der Waals surface area (Å²) in [6.07, 6.45) is 0. The van der Waals surface area contributed by atoms with Gasteiger partial charge >= 0.3 is 94.4 Å². The van der Waals surface area contributed by atoms with E-state index in [1.165, 1.54) is 0 Å². The first-order valence-electron chi connectivity index (χ1n) is 0.933. The van der Waals surface area contributed by atoms with Gasteiger partial charge in [-0.2, -0.15) is 0 Å². The van der Waals surface area contributed by atoms with Crippen molar-refractivity contribution in [1.82, 2.24) is 0 Å². The van der Waals surface area contributed by atoms with E-state index in [1.54, 1.807) is 0 Å². The second-order valence-electron chi connectivity index (χ2n) is 0.406. The summed E-state index contributed by atoms with van der Waals surface area (Å²) in [5, 5.41) is 0. The van der Waals surface area contributed by atoms with Crippen molar-refractivity contribution in [3.05, 3.63) is 0 Å². The molecule has 0 nitrogen and oxygen atoms in total. The molecule has 0 aromatic carbocycles. The van der Waals surface area contributed by atoms with Gasteiger partial charge < -0.3 is 0 Å². The fourth-order valence-corrected chi connectivity index (χ4v) is 47.7. The normalized spacial score (nSPS) is 14.1. The molecule has 0 fully saturated rings. The van der Waals surface area contributed by atoms with Gasteiger partial charge in [-0.05, 0) is 0 Å². The maximum absolute atomic E-state index is 5.57. The van der Waals surface area contributed by atoms with Crippen LogP contribution in [0.4, 0.5) is 0 Å². The van der Waals surface area contributed by atoms with Crippen LogP contribution in [0.2, 0.25) is 0 Å². The van der Waals surface area contributed by atoms with Gasteiger partial charge in [0.15, 0.2) is 0 Å². The van der Waals surface area contributed by atoms with Crippen molar-refractivity contribution in [2.75, 3.05) is 0 Å². The summed E-state index contributed by atoms with van der Waals surface area (Å²) >= 11 is 8.08. The van der Waals surface area contributed by atoms with Crippen LogP contribution in [0.3, 0.4) is 0 Å². The number of rotatable bonds is 2. The van der Waals surface area contributed by atoms with Gasteiger partial charge in [0.25, 0.3) is 0 Å². The van der Waals surface area contributed by atoms with Gasteiger partial charge in [-0.25, -0.2) is 0 Å². The first-order chi connectivity index (χ1) is 3.18. The SMILES string of the molecule is [B][I-]I(I)I(I)I. The molecular weight excluding hydrogens is 772 g/mol. The Labute approximate surface area is 90.6 Å². The van der Waals surface area contributed by atoms with Gasteiger partial charge in [-0.15, -0.1) is 0 Å². The molecule has 7 heteroatoms. The van der Waals surface area contributed by atoms with Crippen molar-refractivity contribution in [3.8, 4) is 0 Å². The van der Waals surface area contributed by atoms with Gasteiger partial charge in [0.05, 0.1) is 0 Å². The Morgan fingerprint density at radius 2 is 1.71 bits per heavy atom. The van der Waals surface area contributed by atoms with Crippen LogP contribution in [-0.4, -0.2) is 5.70 Å². The van der Waals surface area contributed by atoms with E-state index in [4.69, 9.17) is 5.70 Å². The Morgan fingerprint density at radius 3 is 1.71 bits per heavy atom. The van der Waals surface area contributed by atoms with Gasteiger partial charge in [0, 0.05) is 0 Å². The number of hydrogen-bond acceptors (Lipinski definition) is 0. The molecule has 0 spiro atoms. The molecular formula is BI6-. The average molecular weight is 772 g/mol. The second-order valence-corrected chi connectivity index (χ2v) is 102. The van der Waals surface area contributed by atoms with E-state index in [1.807, 2.05) is 0 Å². The summed E-state index contributed by atoms with van der Waals surface area (Å²) in [6.45, 7) is 0. The first-order valence-corrected chi connectivity index (χ1v) is 33.6. The predicted octanol–water partition coefficient (Wildman–Crippen LogP) is 1.05. The summed E-state index contributed by atoms with van der Waals surface area (Å²) < 4.78 is 0. The minimum absolute atomic E-state index is 0.202. The van der Waals surface area contributed by atoms with E-state index in [2.05, 4.69) is 55.8 Å². The van der Waals surface area contributed by atoms with Crippen LogP contribution in [-0.2, 0) is 0 Å². The van der Waals surface area contributed by atoms with Gasteiger partial charge in [-0.1, -0.05) is 0 Å². The van der Waals surface area contributed by atoms with Crippen molar-refractivity contribution < 1.29 is 17.0 Å². The molecule has 0 bridgehead atoms. The maximum atomic E-state index is 5.57. The van der Waals surface area contributed by atoms with E-state index in [0.29, 0.717) is 0 Å². The Bertz CT molecular complexity index is 41.4. The van der Waals surface area contributed by atoms with Crippen LogP contribution in [0.15, 0.2) is 0 Å². The topological polar surface area (TPSA) is 0 Å². The van der Waals surface area contributed by atoms with Gasteiger partial charge in [-0.3, -0.25) is 0 Å². The molecule has 46 valence electrons. The Kier molecular flexibility index (Phi) is 11.6. The third-order valence-electron chi connectivity index (χ3n) is 0.144. The van der Waals surface area contributed by atoms with Crippen molar-refractivity contribution in [2.24, 2.45) is 0 Å². The van der Waals surface area contributed by atoms with E-state index in [-0.39, 0.29) is 17.0 Å². The molecule has 0 aliphatic rings. The van der Waals surface area contributed by atoms with E-state index in [0.717, 1.165) is 0 Å². The van der Waals surface area contributed by atoms with Crippen molar-refractivity contribution in [2.45, 2.75) is 0 Å². The second kappa shape index (κ2) is 7.11. The van der Waals surface area contributed by atoms with Crippen molar-refractivity contribution in [3.63, 3.8) is 0 Å². The predicted molar refractivity (Wildman–Crippen MR) is 75.9 cm³/mol. The van der Waals surface area contributed by atoms with Crippen LogP contribution >= 0.6 is 71.6 Å². The summed E-state index contributed by atoms with van der Waals surface area (Å²) in [5.41, 5.74) is 5.57. The van der Waals surface area contributed by atoms with E-state index >= 15 is 0 Å². The molecule has 0 aliphatic carbocycles. The molecule has 0 heterocycles. The Morgan fingerprint density at radius 1 is 1.29 bits per heavy atom. The van der Waals surface area contributed by atoms with Crippen LogP contribution in [0.5, 0.6) is 0 Å². The zero-order valence-corrected chi connectivity index (χ0v) is 15.8. The summed E-state index contributed by atoms with van der Waals surface area (Å²) in [4.78, 5) is 0. The van der Waals surface area contributed by atoms with Crippen molar-refractivity contribution in [1.29, 1.82) is 0 Å². The molecule has 7 heavy (non-hydrogen) atoms. The first kappa shape index (κ1) is 11.4. The van der Waals surface area contributed by atoms with Gasteiger partial charge in [0.2, 0.25) is 0 Å². The molecule has 0 rings (SSSR count). The van der Waals surface area contributed by atoms with Crippen LogP contribution in [0, 0.1) is 0 Å². The summed E-state index contributed by atoms with van der Waals surface area (Å²) in [6, 6.07) is 0. The third kappa shape index (κ3) is 6.83. The molecule has 0 aliphatic heterocycles. The van der Waals surface area contributed by atoms with Gasteiger partial charge in [0.1, 0.15) is 0 Å². The Hall–Kier alpha value is 4.44. The molecule has 2 radical (unpaired) electrons. The molecule has 0 saturated carbocycles. The van der Waals surface area contributed by atoms with Crippen LogP contribution in [0.25, 0.3) is 0 Å². The fraction of sp³-hybridized carbons (Fsp3) is 0.